The van der Waals surface area contributed by atoms with Crippen LogP contribution in [0.3, 0.4) is 0 Å². The molecule has 0 atom stereocenters. The van der Waals surface area contributed by atoms with Crippen LogP contribution in [0.25, 0.3) is 0 Å². The maximum atomic E-state index is 9.82. The van der Waals surface area contributed by atoms with Crippen molar-refractivity contribution in [2.75, 3.05) is 6.61 Å². The summed E-state index contributed by atoms with van der Waals surface area (Å²) < 4.78 is 4.40. The molecule has 72 valence electrons. The Hall–Kier alpha value is -1.52. The van der Waals surface area contributed by atoms with E-state index in [2.05, 4.69) is 17.9 Å². The van der Waals surface area contributed by atoms with Crippen LogP contribution in [0.5, 0.6) is 0 Å². The topological polar surface area (TPSA) is 83.8 Å². The highest BCUT2D eigenvalue weighted by Crippen LogP contribution is 1.69. The van der Waals surface area contributed by atoms with Crippen LogP contribution in [0.1, 0.15) is 13.8 Å². The van der Waals surface area contributed by atoms with Crippen molar-refractivity contribution < 1.29 is 24.5 Å². The summed E-state index contributed by atoms with van der Waals surface area (Å²) in [5.41, 5.74) is 0. The van der Waals surface area contributed by atoms with Crippen molar-refractivity contribution in [3.05, 3.63) is 13.2 Å². The molecule has 0 saturated carbocycles. The zero-order valence-electron chi connectivity index (χ0n) is 7.24. The van der Waals surface area contributed by atoms with E-state index in [1.165, 1.54) is 6.92 Å². The minimum atomic E-state index is -1.83. The molecule has 5 nitrogen and oxygen atoms in total. The first-order chi connectivity index (χ1) is 5.50. The van der Waals surface area contributed by atoms with Crippen LogP contribution in [-0.4, -0.2) is 28.9 Å². The minimum Gasteiger partial charge on any atom is -0.466 e. The van der Waals surface area contributed by atoms with Gasteiger partial charge in [-0.1, -0.05) is 0 Å². The van der Waals surface area contributed by atoms with Gasteiger partial charge in [-0.15, -0.1) is 13.2 Å². The summed E-state index contributed by atoms with van der Waals surface area (Å²) in [4.78, 5) is 18.4. The van der Waals surface area contributed by atoms with E-state index >= 15 is 0 Å². The van der Waals surface area contributed by atoms with Gasteiger partial charge in [0.25, 0.3) is 0 Å². The molecule has 0 aromatic rings. The lowest BCUT2D eigenvalue weighted by Gasteiger charge is -1.89. The summed E-state index contributed by atoms with van der Waals surface area (Å²) in [5, 5.41) is 13.9. The molecule has 0 aliphatic rings. The van der Waals surface area contributed by atoms with Gasteiger partial charge in [-0.2, -0.15) is 0 Å². The zero-order valence-corrected chi connectivity index (χ0v) is 7.24. The van der Waals surface area contributed by atoms with E-state index in [9.17, 15) is 4.79 Å². The van der Waals surface area contributed by atoms with Crippen molar-refractivity contribution in [2.45, 2.75) is 13.8 Å². The first kappa shape index (κ1) is 16.8. The molecular weight excluding hydrogens is 164 g/mol. The largest absolute Gasteiger partial charge is 0.503 e. The van der Waals surface area contributed by atoms with Crippen LogP contribution in [-0.2, 0) is 9.53 Å². The molecule has 0 radical (unpaired) electrons. The third-order valence-corrected chi connectivity index (χ3v) is 0.348. The van der Waals surface area contributed by atoms with Crippen LogP contribution in [0, 0.1) is 0 Å². The smallest absolute Gasteiger partial charge is 0.466 e. The molecule has 0 aromatic carbocycles. The molecule has 0 fully saturated rings. The van der Waals surface area contributed by atoms with Gasteiger partial charge in [0.1, 0.15) is 0 Å². The molecule has 12 heavy (non-hydrogen) atoms. The number of ether oxygens (including phenoxy) is 1. The van der Waals surface area contributed by atoms with Gasteiger partial charge < -0.3 is 14.9 Å². The molecule has 0 amide bonds. The summed E-state index contributed by atoms with van der Waals surface area (Å²) in [6.07, 6.45) is -1.83. The molecule has 2 N–H and O–H groups in total. The van der Waals surface area contributed by atoms with Gasteiger partial charge in [0.05, 0.1) is 6.61 Å². The Bertz CT molecular complexity index is 117. The van der Waals surface area contributed by atoms with Crippen molar-refractivity contribution in [1.82, 2.24) is 0 Å². The Morgan fingerprint density at radius 1 is 1.33 bits per heavy atom. The van der Waals surface area contributed by atoms with Crippen molar-refractivity contribution in [2.24, 2.45) is 0 Å². The zero-order chi connectivity index (χ0) is 10.6. The van der Waals surface area contributed by atoms with Crippen LogP contribution in [0.4, 0.5) is 4.79 Å². The Kier molecular flexibility index (Phi) is 22.8. The molecule has 0 saturated heterocycles. The van der Waals surface area contributed by atoms with E-state index in [-0.39, 0.29) is 5.97 Å². The van der Waals surface area contributed by atoms with Crippen molar-refractivity contribution in [1.29, 1.82) is 0 Å². The molecule has 0 rings (SSSR count). The fourth-order valence-electron chi connectivity index (χ4n) is 0.203. The highest BCUT2D eigenvalue weighted by Gasteiger charge is 1.81. The number of rotatable bonds is 1. The molecule has 0 aliphatic heterocycles. The molecule has 0 aromatic heterocycles. The van der Waals surface area contributed by atoms with Crippen molar-refractivity contribution in [3.63, 3.8) is 0 Å². The molecule has 0 bridgehead atoms. The van der Waals surface area contributed by atoms with E-state index in [0.717, 1.165) is 0 Å². The first-order valence-electron chi connectivity index (χ1n) is 3.06. The second-order valence-electron chi connectivity index (χ2n) is 1.21. The monoisotopic (exact) mass is 178 g/mol. The number of esters is 1. The molecule has 0 unspecified atom stereocenters. The lowest BCUT2D eigenvalue weighted by Crippen LogP contribution is -1.95. The summed E-state index contributed by atoms with van der Waals surface area (Å²) in [5.74, 6) is -0.211. The minimum absolute atomic E-state index is 0.211. The number of carboxylic acid groups (broad SMARTS) is 2. The predicted molar refractivity (Wildman–Crippen MR) is 44.2 cm³/mol. The lowest BCUT2D eigenvalue weighted by atomic mass is 10.8. The normalized spacial score (nSPS) is 6.17. The number of hydrogen-bond acceptors (Lipinski definition) is 3. The summed E-state index contributed by atoms with van der Waals surface area (Å²) in [6.45, 7) is 9.65. The fourth-order valence-corrected chi connectivity index (χ4v) is 0.203. The third kappa shape index (κ3) is 217. The average Bonchev–Trinajstić information content (AvgIpc) is 1.90. The van der Waals surface area contributed by atoms with Gasteiger partial charge in [0.15, 0.2) is 0 Å². The van der Waals surface area contributed by atoms with Crippen LogP contribution < -0.4 is 0 Å². The quantitative estimate of drug-likeness (QED) is 0.470. The van der Waals surface area contributed by atoms with Crippen molar-refractivity contribution in [3.8, 4) is 0 Å². The number of hydrogen-bond donors (Lipinski definition) is 2. The number of carbonyl (C=O) groups is 2. The SMILES string of the molecule is C=C.CCOC(C)=O.O=C(O)O. The number of carbonyl (C=O) groups excluding carboxylic acids is 1. The Morgan fingerprint density at radius 2 is 1.58 bits per heavy atom. The lowest BCUT2D eigenvalue weighted by molar-refractivity contribution is -0.140. The van der Waals surface area contributed by atoms with E-state index in [4.69, 9.17) is 15.0 Å². The van der Waals surface area contributed by atoms with Crippen LogP contribution in [0.2, 0.25) is 0 Å². The van der Waals surface area contributed by atoms with Gasteiger partial charge >= 0.3 is 12.1 Å². The standard InChI is InChI=1S/C4H8O2.C2H4.CH2O3/c1-3-6-4(2)5;1-2;2-1(3)4/h3H2,1-2H3;1-2H2;(H2,2,3,4). The van der Waals surface area contributed by atoms with Gasteiger partial charge in [0.2, 0.25) is 0 Å². The Morgan fingerprint density at radius 3 is 1.58 bits per heavy atom. The molecular formula is C7H14O5. The molecule has 5 heteroatoms. The maximum Gasteiger partial charge on any atom is 0.503 e. The highest BCUT2D eigenvalue weighted by atomic mass is 16.6. The second-order valence-corrected chi connectivity index (χ2v) is 1.21. The summed E-state index contributed by atoms with van der Waals surface area (Å²) >= 11 is 0. The second kappa shape index (κ2) is 16.2. The molecule has 0 spiro atoms. The van der Waals surface area contributed by atoms with Crippen LogP contribution >= 0.6 is 0 Å². The van der Waals surface area contributed by atoms with Crippen molar-refractivity contribution >= 4 is 12.1 Å². The van der Waals surface area contributed by atoms with Gasteiger partial charge in [-0.25, -0.2) is 4.79 Å². The summed E-state index contributed by atoms with van der Waals surface area (Å²) in [7, 11) is 0. The first-order valence-corrected chi connectivity index (χ1v) is 3.06. The van der Waals surface area contributed by atoms with Gasteiger partial charge in [-0.05, 0) is 6.92 Å². The van der Waals surface area contributed by atoms with E-state index in [1.54, 1.807) is 6.92 Å². The average molecular weight is 178 g/mol. The summed E-state index contributed by atoms with van der Waals surface area (Å²) in [6, 6.07) is 0. The third-order valence-electron chi connectivity index (χ3n) is 0.348. The Labute approximate surface area is 71.3 Å². The fraction of sp³-hybridized carbons (Fsp3) is 0.429. The Balaban J connectivity index is -0.000000118. The highest BCUT2D eigenvalue weighted by molar-refractivity contribution is 5.65. The molecule has 0 heterocycles. The van der Waals surface area contributed by atoms with E-state index in [0.29, 0.717) is 6.61 Å². The van der Waals surface area contributed by atoms with Crippen LogP contribution in [0.15, 0.2) is 13.2 Å². The van der Waals surface area contributed by atoms with E-state index in [1.807, 2.05) is 0 Å². The van der Waals surface area contributed by atoms with Gasteiger partial charge in [-0.3, -0.25) is 4.79 Å². The maximum absolute atomic E-state index is 9.82. The molecule has 0 aliphatic carbocycles. The van der Waals surface area contributed by atoms with Gasteiger partial charge in [0, 0.05) is 6.92 Å². The predicted octanol–water partition coefficient (Wildman–Crippen LogP) is 1.59. The van der Waals surface area contributed by atoms with E-state index < -0.39 is 6.16 Å².